The average Bonchev–Trinajstić information content (AvgIpc) is 2.30. The molecule has 2 heteroatoms. The summed E-state index contributed by atoms with van der Waals surface area (Å²) in [6.45, 7) is 9.76. The monoisotopic (exact) mass is 183 g/mol. The van der Waals surface area contributed by atoms with Crippen LogP contribution in [0.25, 0.3) is 0 Å². The largest absolute Gasteiger partial charge is 0.310 e. The van der Waals surface area contributed by atoms with Gasteiger partial charge in [0.2, 0.25) is 0 Å². The minimum Gasteiger partial charge on any atom is -0.310 e. The Hall–Kier alpha value is -0.340. The van der Waals surface area contributed by atoms with Crippen molar-refractivity contribution in [2.75, 3.05) is 6.54 Å². The highest BCUT2D eigenvalue weighted by atomic mass is 32.1. The predicted molar refractivity (Wildman–Crippen MR) is 55.9 cm³/mol. The van der Waals surface area contributed by atoms with Crippen LogP contribution in [-0.4, -0.2) is 6.54 Å². The molecular formula is C10H17NS. The van der Waals surface area contributed by atoms with Crippen LogP contribution in [0.5, 0.6) is 0 Å². The van der Waals surface area contributed by atoms with Crippen LogP contribution in [0.1, 0.15) is 35.2 Å². The Morgan fingerprint density at radius 3 is 2.58 bits per heavy atom. The molecule has 1 rings (SSSR count). The molecule has 0 aliphatic rings. The lowest BCUT2D eigenvalue weighted by atomic mass is 10.2. The molecule has 0 saturated heterocycles. The van der Waals surface area contributed by atoms with Crippen LogP contribution in [0.15, 0.2) is 6.07 Å². The first-order valence-electron chi connectivity index (χ1n) is 4.45. The van der Waals surface area contributed by atoms with Gasteiger partial charge in [-0.3, -0.25) is 0 Å². The van der Waals surface area contributed by atoms with Gasteiger partial charge in [-0.25, -0.2) is 0 Å². The molecular weight excluding hydrogens is 166 g/mol. The molecule has 1 aromatic rings. The van der Waals surface area contributed by atoms with Gasteiger partial charge < -0.3 is 5.32 Å². The van der Waals surface area contributed by atoms with E-state index in [1.54, 1.807) is 0 Å². The van der Waals surface area contributed by atoms with E-state index in [0.717, 1.165) is 6.54 Å². The second kappa shape index (κ2) is 4.06. The molecule has 1 heterocycles. The first-order chi connectivity index (χ1) is 5.65. The zero-order valence-electron chi connectivity index (χ0n) is 8.27. The number of hydrogen-bond donors (Lipinski definition) is 1. The van der Waals surface area contributed by atoms with Gasteiger partial charge in [-0.2, -0.15) is 0 Å². The second-order valence-electron chi connectivity index (χ2n) is 3.18. The quantitative estimate of drug-likeness (QED) is 0.759. The third kappa shape index (κ3) is 2.08. The molecule has 1 atom stereocenters. The Morgan fingerprint density at radius 1 is 1.50 bits per heavy atom. The van der Waals surface area contributed by atoms with E-state index in [9.17, 15) is 0 Å². The van der Waals surface area contributed by atoms with E-state index in [0.29, 0.717) is 6.04 Å². The summed E-state index contributed by atoms with van der Waals surface area (Å²) >= 11 is 1.90. The van der Waals surface area contributed by atoms with E-state index in [1.165, 1.54) is 15.3 Å². The summed E-state index contributed by atoms with van der Waals surface area (Å²) in [7, 11) is 0. The third-order valence-corrected chi connectivity index (χ3v) is 3.32. The lowest BCUT2D eigenvalue weighted by Crippen LogP contribution is -2.17. The molecule has 1 unspecified atom stereocenters. The SMILES string of the molecule is CCNC(C)c1sc(C)cc1C. The molecule has 1 N–H and O–H groups in total. The Morgan fingerprint density at radius 2 is 2.17 bits per heavy atom. The van der Waals surface area contributed by atoms with Crippen LogP contribution in [0.4, 0.5) is 0 Å². The van der Waals surface area contributed by atoms with Crippen molar-refractivity contribution in [1.29, 1.82) is 0 Å². The van der Waals surface area contributed by atoms with E-state index < -0.39 is 0 Å². The molecule has 0 aliphatic carbocycles. The van der Waals surface area contributed by atoms with Crippen LogP contribution in [0.3, 0.4) is 0 Å². The Balaban J connectivity index is 2.79. The number of aryl methyl sites for hydroxylation is 2. The van der Waals surface area contributed by atoms with Gasteiger partial charge in [-0.05, 0) is 38.9 Å². The van der Waals surface area contributed by atoms with Crippen LogP contribution in [0.2, 0.25) is 0 Å². The minimum atomic E-state index is 0.508. The number of thiophene rings is 1. The van der Waals surface area contributed by atoms with Crippen LogP contribution in [-0.2, 0) is 0 Å². The molecule has 0 aliphatic heterocycles. The molecule has 12 heavy (non-hydrogen) atoms. The second-order valence-corrected chi connectivity index (χ2v) is 4.47. The van der Waals surface area contributed by atoms with Crippen molar-refractivity contribution in [2.45, 2.75) is 33.7 Å². The van der Waals surface area contributed by atoms with Gasteiger partial charge >= 0.3 is 0 Å². The standard InChI is InChI=1S/C10H17NS/c1-5-11-9(4)10-7(2)6-8(3)12-10/h6,9,11H,5H2,1-4H3. The van der Waals surface area contributed by atoms with Crippen LogP contribution in [0, 0.1) is 13.8 Å². The van der Waals surface area contributed by atoms with Crippen molar-refractivity contribution in [3.63, 3.8) is 0 Å². The van der Waals surface area contributed by atoms with E-state index in [-0.39, 0.29) is 0 Å². The van der Waals surface area contributed by atoms with Crippen LogP contribution < -0.4 is 5.32 Å². The highest BCUT2D eigenvalue weighted by molar-refractivity contribution is 7.12. The summed E-state index contributed by atoms with van der Waals surface area (Å²) in [5, 5.41) is 3.43. The zero-order valence-corrected chi connectivity index (χ0v) is 9.09. The fourth-order valence-corrected chi connectivity index (χ4v) is 2.55. The summed E-state index contributed by atoms with van der Waals surface area (Å²) in [5.41, 5.74) is 1.42. The van der Waals surface area contributed by atoms with Crippen molar-refractivity contribution < 1.29 is 0 Å². The maximum Gasteiger partial charge on any atom is 0.0388 e. The number of rotatable bonds is 3. The third-order valence-electron chi connectivity index (χ3n) is 1.98. The summed E-state index contributed by atoms with van der Waals surface area (Å²) in [6.07, 6.45) is 0. The lowest BCUT2D eigenvalue weighted by Gasteiger charge is -2.10. The van der Waals surface area contributed by atoms with E-state index in [2.05, 4.69) is 39.1 Å². The maximum absolute atomic E-state index is 3.43. The van der Waals surface area contributed by atoms with Crippen molar-refractivity contribution in [1.82, 2.24) is 5.32 Å². The van der Waals surface area contributed by atoms with Gasteiger partial charge in [0, 0.05) is 15.8 Å². The molecule has 1 aromatic heterocycles. The molecule has 1 nitrogen and oxygen atoms in total. The van der Waals surface area contributed by atoms with Crippen molar-refractivity contribution in [2.24, 2.45) is 0 Å². The van der Waals surface area contributed by atoms with Gasteiger partial charge in [0.25, 0.3) is 0 Å². The lowest BCUT2D eigenvalue weighted by molar-refractivity contribution is 0.605. The van der Waals surface area contributed by atoms with Gasteiger partial charge in [0.15, 0.2) is 0 Å². The van der Waals surface area contributed by atoms with E-state index in [1.807, 2.05) is 11.3 Å². The molecule has 0 amide bonds. The van der Waals surface area contributed by atoms with Crippen molar-refractivity contribution >= 4 is 11.3 Å². The van der Waals surface area contributed by atoms with Crippen molar-refractivity contribution in [3.8, 4) is 0 Å². The minimum absolute atomic E-state index is 0.508. The Kier molecular flexibility index (Phi) is 3.29. The highest BCUT2D eigenvalue weighted by Crippen LogP contribution is 2.26. The molecule has 0 aromatic carbocycles. The first kappa shape index (κ1) is 9.75. The number of nitrogens with one attached hydrogen (secondary N) is 1. The Bertz CT molecular complexity index is 252. The first-order valence-corrected chi connectivity index (χ1v) is 5.27. The molecule has 0 radical (unpaired) electrons. The predicted octanol–water partition coefficient (Wildman–Crippen LogP) is 3.04. The summed E-state index contributed by atoms with van der Waals surface area (Å²) < 4.78 is 0. The molecule has 0 bridgehead atoms. The fourth-order valence-electron chi connectivity index (χ4n) is 1.49. The smallest absolute Gasteiger partial charge is 0.0388 e. The van der Waals surface area contributed by atoms with Gasteiger partial charge in [-0.1, -0.05) is 6.92 Å². The summed E-state index contributed by atoms with van der Waals surface area (Å²) in [4.78, 5) is 2.89. The summed E-state index contributed by atoms with van der Waals surface area (Å²) in [6, 6.07) is 2.77. The van der Waals surface area contributed by atoms with E-state index >= 15 is 0 Å². The highest BCUT2D eigenvalue weighted by Gasteiger charge is 2.09. The van der Waals surface area contributed by atoms with Gasteiger partial charge in [0.1, 0.15) is 0 Å². The average molecular weight is 183 g/mol. The topological polar surface area (TPSA) is 12.0 Å². The number of hydrogen-bond acceptors (Lipinski definition) is 2. The molecule has 0 fully saturated rings. The van der Waals surface area contributed by atoms with Gasteiger partial charge in [0.05, 0.1) is 0 Å². The van der Waals surface area contributed by atoms with E-state index in [4.69, 9.17) is 0 Å². The van der Waals surface area contributed by atoms with Crippen molar-refractivity contribution in [3.05, 3.63) is 21.4 Å². The summed E-state index contributed by atoms with van der Waals surface area (Å²) in [5.74, 6) is 0. The zero-order chi connectivity index (χ0) is 9.14. The molecule has 0 saturated carbocycles. The van der Waals surface area contributed by atoms with Crippen LogP contribution >= 0.6 is 11.3 Å². The van der Waals surface area contributed by atoms with Gasteiger partial charge in [-0.15, -0.1) is 11.3 Å². The molecule has 0 spiro atoms. The fraction of sp³-hybridized carbons (Fsp3) is 0.600. The Labute approximate surface area is 78.8 Å². The maximum atomic E-state index is 3.43. The normalized spacial score (nSPS) is 13.3. The molecule has 68 valence electrons.